The summed E-state index contributed by atoms with van der Waals surface area (Å²) in [6, 6.07) is 2.63. The van der Waals surface area contributed by atoms with Crippen molar-refractivity contribution in [1.29, 1.82) is 0 Å². The molecule has 1 N–H and O–H groups in total. The lowest BCUT2D eigenvalue weighted by atomic mass is 10.2. The number of fused-ring (bicyclic) bond motifs is 1. The van der Waals surface area contributed by atoms with E-state index in [-0.39, 0.29) is 22.2 Å². The van der Waals surface area contributed by atoms with Crippen LogP contribution in [0, 0.1) is 0 Å². The molecule has 0 aliphatic carbocycles. The Morgan fingerprint density at radius 3 is 2.57 bits per heavy atom. The summed E-state index contributed by atoms with van der Waals surface area (Å²) in [5.41, 5.74) is -0.180. The molecule has 0 bridgehead atoms. The van der Waals surface area contributed by atoms with Crippen molar-refractivity contribution in [2.24, 2.45) is 0 Å². The number of hydrogen-bond acceptors (Lipinski definition) is 6. The lowest BCUT2D eigenvalue weighted by Gasteiger charge is -2.30. The lowest BCUT2D eigenvalue weighted by molar-refractivity contribution is -0.153. The van der Waals surface area contributed by atoms with Gasteiger partial charge in [-0.2, -0.15) is 17.5 Å². The maximum absolute atomic E-state index is 13.2. The van der Waals surface area contributed by atoms with Gasteiger partial charge in [-0.25, -0.2) is 8.42 Å². The Balaban J connectivity index is 1.62. The molecule has 35 heavy (non-hydrogen) atoms. The smallest absolute Gasteiger partial charge is 0.422 e. The molecule has 3 aliphatic rings. The van der Waals surface area contributed by atoms with Gasteiger partial charge in [0.1, 0.15) is 11.8 Å². The minimum Gasteiger partial charge on any atom is -0.482 e. The predicted octanol–water partition coefficient (Wildman–Crippen LogP) is 3.58. The Morgan fingerprint density at radius 2 is 1.91 bits per heavy atom. The maximum Gasteiger partial charge on any atom is 0.422 e. The number of carbonyl (C=O) groups is 2. The van der Waals surface area contributed by atoms with Crippen LogP contribution in [0.5, 0.6) is 5.75 Å². The number of nitrogens with one attached hydrogen (secondary N) is 1. The van der Waals surface area contributed by atoms with E-state index in [1.54, 1.807) is 0 Å². The van der Waals surface area contributed by atoms with Gasteiger partial charge in [-0.05, 0) is 44.4 Å². The second kappa shape index (κ2) is 9.81. The number of sulfonamides is 1. The molecule has 2 atom stereocenters. The number of anilines is 1. The van der Waals surface area contributed by atoms with Gasteiger partial charge in [0.2, 0.25) is 21.8 Å². The number of ether oxygens (including phenoxy) is 1. The largest absolute Gasteiger partial charge is 0.482 e. The van der Waals surface area contributed by atoms with Gasteiger partial charge in [-0.1, -0.05) is 12.8 Å². The van der Waals surface area contributed by atoms with Crippen LogP contribution in [0.4, 0.5) is 18.9 Å². The second-order valence-electron chi connectivity index (χ2n) is 9.13. The van der Waals surface area contributed by atoms with Crippen LogP contribution < -0.4 is 10.1 Å². The number of thioether (sulfide) groups is 1. The van der Waals surface area contributed by atoms with Crippen molar-refractivity contribution in [1.82, 2.24) is 9.21 Å². The first-order chi connectivity index (χ1) is 16.4. The topological polar surface area (TPSA) is 96.0 Å². The van der Waals surface area contributed by atoms with Gasteiger partial charge in [0.05, 0.1) is 15.5 Å². The van der Waals surface area contributed by atoms with Crippen LogP contribution in [-0.4, -0.2) is 72.0 Å². The minimum absolute atomic E-state index is 0.142. The third-order valence-electron chi connectivity index (χ3n) is 6.55. The highest BCUT2D eigenvalue weighted by molar-refractivity contribution is 8.01. The number of rotatable bonds is 6. The molecule has 0 saturated carbocycles. The van der Waals surface area contributed by atoms with E-state index in [0.29, 0.717) is 31.7 Å². The SMILES string of the molecule is CC12CCC(=O)N1C(C(=O)Nc1cc(S(=O)(=O)N3CCCCCC3)ccc1OCC(F)(F)F)CS2. The average molecular weight is 536 g/mol. The first-order valence-corrected chi connectivity index (χ1v) is 13.9. The van der Waals surface area contributed by atoms with E-state index in [4.69, 9.17) is 4.74 Å². The molecule has 13 heteroatoms. The van der Waals surface area contributed by atoms with Crippen LogP contribution >= 0.6 is 11.8 Å². The summed E-state index contributed by atoms with van der Waals surface area (Å²) in [4.78, 5) is 26.4. The summed E-state index contributed by atoms with van der Waals surface area (Å²) in [6.45, 7) is 0.981. The zero-order valence-corrected chi connectivity index (χ0v) is 20.9. The minimum atomic E-state index is -4.62. The Kier molecular flexibility index (Phi) is 7.31. The molecule has 3 aliphatic heterocycles. The van der Waals surface area contributed by atoms with E-state index >= 15 is 0 Å². The van der Waals surface area contributed by atoms with Crippen LogP contribution in [0.15, 0.2) is 23.1 Å². The van der Waals surface area contributed by atoms with Crippen LogP contribution in [-0.2, 0) is 19.6 Å². The zero-order chi connectivity index (χ0) is 25.4. The van der Waals surface area contributed by atoms with Gasteiger partial charge in [0.25, 0.3) is 0 Å². The summed E-state index contributed by atoms with van der Waals surface area (Å²) >= 11 is 1.47. The molecule has 0 aromatic heterocycles. The van der Waals surface area contributed by atoms with E-state index in [0.717, 1.165) is 37.8 Å². The highest BCUT2D eigenvalue weighted by atomic mass is 32.2. The summed E-state index contributed by atoms with van der Waals surface area (Å²) in [5.74, 6) is -0.730. The lowest BCUT2D eigenvalue weighted by Crippen LogP contribution is -2.48. The van der Waals surface area contributed by atoms with Crippen molar-refractivity contribution in [3.8, 4) is 5.75 Å². The van der Waals surface area contributed by atoms with Crippen molar-refractivity contribution < 1.29 is 35.9 Å². The Hall–Kier alpha value is -1.99. The fourth-order valence-electron chi connectivity index (χ4n) is 4.71. The molecule has 1 aromatic carbocycles. The number of amides is 2. The Bertz CT molecular complexity index is 1090. The molecule has 4 rings (SSSR count). The summed E-state index contributed by atoms with van der Waals surface area (Å²) in [5, 5.41) is 2.55. The van der Waals surface area contributed by atoms with Crippen molar-refractivity contribution in [2.45, 2.75) is 67.4 Å². The third-order valence-corrected chi connectivity index (χ3v) is 9.95. The number of hydrogen-bond donors (Lipinski definition) is 1. The van der Waals surface area contributed by atoms with Crippen molar-refractivity contribution >= 4 is 39.3 Å². The highest BCUT2D eigenvalue weighted by Crippen LogP contribution is 2.47. The fraction of sp³-hybridized carbons (Fsp3) is 0.636. The number of alkyl halides is 3. The second-order valence-corrected chi connectivity index (χ2v) is 12.6. The number of halogens is 3. The molecule has 2 unspecified atom stereocenters. The van der Waals surface area contributed by atoms with Crippen LogP contribution in [0.3, 0.4) is 0 Å². The number of carbonyl (C=O) groups excluding carboxylic acids is 2. The first-order valence-electron chi connectivity index (χ1n) is 11.5. The molecule has 2 amide bonds. The molecule has 8 nitrogen and oxygen atoms in total. The average Bonchev–Trinajstić information content (AvgIpc) is 3.12. The summed E-state index contributed by atoms with van der Waals surface area (Å²) < 4.78 is 71.1. The zero-order valence-electron chi connectivity index (χ0n) is 19.3. The number of benzene rings is 1. The maximum atomic E-state index is 13.2. The molecule has 0 spiro atoms. The van der Waals surface area contributed by atoms with Gasteiger partial charge in [0, 0.05) is 25.3 Å². The van der Waals surface area contributed by atoms with Crippen LogP contribution in [0.1, 0.15) is 45.4 Å². The van der Waals surface area contributed by atoms with E-state index in [1.807, 2.05) is 6.92 Å². The van der Waals surface area contributed by atoms with Crippen molar-refractivity contribution in [3.05, 3.63) is 18.2 Å². The van der Waals surface area contributed by atoms with Gasteiger partial charge < -0.3 is 15.0 Å². The van der Waals surface area contributed by atoms with E-state index < -0.39 is 39.6 Å². The first kappa shape index (κ1) is 26.1. The molecule has 194 valence electrons. The molecular formula is C22H28F3N3O5S2. The summed E-state index contributed by atoms with van der Waals surface area (Å²) in [7, 11) is -3.92. The van der Waals surface area contributed by atoms with E-state index in [9.17, 15) is 31.2 Å². The molecule has 3 saturated heterocycles. The van der Waals surface area contributed by atoms with Crippen LogP contribution in [0.2, 0.25) is 0 Å². The van der Waals surface area contributed by atoms with Crippen molar-refractivity contribution in [2.75, 3.05) is 30.8 Å². The van der Waals surface area contributed by atoms with Gasteiger partial charge in [-0.15, -0.1) is 11.8 Å². The van der Waals surface area contributed by atoms with Gasteiger partial charge in [-0.3, -0.25) is 9.59 Å². The highest BCUT2D eigenvalue weighted by Gasteiger charge is 2.53. The molecule has 0 radical (unpaired) electrons. The van der Waals surface area contributed by atoms with Crippen LogP contribution in [0.25, 0.3) is 0 Å². The monoisotopic (exact) mass is 535 g/mol. The summed E-state index contributed by atoms with van der Waals surface area (Å²) in [6.07, 6.45) is -0.421. The van der Waals surface area contributed by atoms with Crippen molar-refractivity contribution in [3.63, 3.8) is 0 Å². The standard InChI is InChI=1S/C22H28F3N3O5S2/c1-21-9-8-19(29)28(21)17(13-34-21)20(30)26-16-12-15(6-7-18(16)33-14-22(23,24)25)35(31,32)27-10-4-2-3-5-11-27/h6-7,12,17H,2-5,8-11,13-14H2,1H3,(H,26,30). The molecular weight excluding hydrogens is 507 g/mol. The Labute approximate surface area is 206 Å². The Morgan fingerprint density at radius 1 is 1.23 bits per heavy atom. The van der Waals surface area contributed by atoms with Gasteiger partial charge >= 0.3 is 6.18 Å². The van der Waals surface area contributed by atoms with E-state index in [1.165, 1.54) is 27.0 Å². The normalized spacial score (nSPS) is 25.9. The molecule has 3 heterocycles. The third kappa shape index (κ3) is 5.56. The van der Waals surface area contributed by atoms with E-state index in [2.05, 4.69) is 5.32 Å². The quantitative estimate of drug-likeness (QED) is 0.598. The predicted molar refractivity (Wildman–Crippen MR) is 125 cm³/mol. The molecule has 1 aromatic rings. The fourth-order valence-corrected chi connectivity index (χ4v) is 7.69. The number of nitrogens with zero attached hydrogens (tertiary/aromatic N) is 2. The molecule has 3 fully saturated rings. The van der Waals surface area contributed by atoms with Gasteiger partial charge in [0.15, 0.2) is 6.61 Å².